The van der Waals surface area contributed by atoms with Gasteiger partial charge in [0.15, 0.2) is 0 Å². The predicted octanol–water partition coefficient (Wildman–Crippen LogP) is 1.90. The summed E-state index contributed by atoms with van der Waals surface area (Å²) >= 11 is 5.90. The maximum atomic E-state index is 11.0. The molecule has 1 aromatic carbocycles. The van der Waals surface area contributed by atoms with Crippen LogP contribution in [0, 0.1) is 0 Å². The number of rotatable bonds is 4. The molecule has 3 N–H and O–H groups in total. The van der Waals surface area contributed by atoms with E-state index in [1.807, 2.05) is 0 Å². The molecule has 0 atom stereocenters. The van der Waals surface area contributed by atoms with E-state index >= 15 is 0 Å². The third-order valence-electron chi connectivity index (χ3n) is 1.72. The van der Waals surface area contributed by atoms with Crippen LogP contribution in [0.25, 0.3) is 0 Å². The van der Waals surface area contributed by atoms with Gasteiger partial charge >= 0.3 is 5.97 Å². The van der Waals surface area contributed by atoms with Gasteiger partial charge in [-0.25, -0.2) is 0 Å². The van der Waals surface area contributed by atoms with E-state index < -0.39 is 0 Å². The maximum Gasteiger partial charge on any atom is 0.325 e. The Balaban J connectivity index is 2.54. The number of hydrogen-bond donors (Lipinski definition) is 2. The Kier molecular flexibility index (Phi) is 4.24. The van der Waals surface area contributed by atoms with Crippen LogP contribution in [0.5, 0.6) is 0 Å². The van der Waals surface area contributed by atoms with Crippen molar-refractivity contribution in [2.24, 2.45) is 0 Å². The van der Waals surface area contributed by atoms with Gasteiger partial charge in [-0.05, 0) is 25.1 Å². The SMILES string of the molecule is CCOC(=O)CNc1ccc(N)cc1Cl. The van der Waals surface area contributed by atoms with Crippen molar-refractivity contribution in [2.45, 2.75) is 6.92 Å². The summed E-state index contributed by atoms with van der Waals surface area (Å²) in [4.78, 5) is 11.0. The molecule has 0 fully saturated rings. The van der Waals surface area contributed by atoms with Crippen molar-refractivity contribution in [2.75, 3.05) is 24.2 Å². The van der Waals surface area contributed by atoms with Crippen molar-refractivity contribution < 1.29 is 9.53 Å². The largest absolute Gasteiger partial charge is 0.465 e. The fraction of sp³-hybridized carbons (Fsp3) is 0.300. The second-order valence-electron chi connectivity index (χ2n) is 2.90. The number of nitrogen functional groups attached to an aromatic ring is 1. The van der Waals surface area contributed by atoms with Gasteiger partial charge < -0.3 is 15.8 Å². The molecule has 0 saturated heterocycles. The monoisotopic (exact) mass is 228 g/mol. The highest BCUT2D eigenvalue weighted by molar-refractivity contribution is 6.33. The number of ether oxygens (including phenoxy) is 1. The van der Waals surface area contributed by atoms with Gasteiger partial charge in [-0.15, -0.1) is 0 Å². The average Bonchev–Trinajstić information content (AvgIpc) is 2.17. The first-order chi connectivity index (χ1) is 7.13. The Labute approximate surface area is 93.4 Å². The first kappa shape index (κ1) is 11.7. The van der Waals surface area contributed by atoms with Gasteiger partial charge in [-0.2, -0.15) is 0 Å². The summed E-state index contributed by atoms with van der Waals surface area (Å²) in [5.74, 6) is -0.314. The summed E-state index contributed by atoms with van der Waals surface area (Å²) in [7, 11) is 0. The number of anilines is 2. The summed E-state index contributed by atoms with van der Waals surface area (Å²) in [5, 5.41) is 3.35. The molecule has 0 radical (unpaired) electrons. The minimum atomic E-state index is -0.314. The molecule has 0 aliphatic rings. The Morgan fingerprint density at radius 3 is 2.93 bits per heavy atom. The van der Waals surface area contributed by atoms with E-state index in [0.29, 0.717) is 23.0 Å². The van der Waals surface area contributed by atoms with E-state index in [4.69, 9.17) is 22.1 Å². The summed E-state index contributed by atoms with van der Waals surface area (Å²) in [6.07, 6.45) is 0. The smallest absolute Gasteiger partial charge is 0.325 e. The van der Waals surface area contributed by atoms with Gasteiger partial charge in [0.25, 0.3) is 0 Å². The third-order valence-corrected chi connectivity index (χ3v) is 2.03. The Bertz CT molecular complexity index is 355. The third kappa shape index (κ3) is 3.67. The lowest BCUT2D eigenvalue weighted by Gasteiger charge is -2.08. The summed E-state index contributed by atoms with van der Waals surface area (Å²) in [5.41, 5.74) is 6.78. The first-order valence-corrected chi connectivity index (χ1v) is 4.95. The topological polar surface area (TPSA) is 64.3 Å². The van der Waals surface area contributed by atoms with Crippen molar-refractivity contribution in [1.82, 2.24) is 0 Å². The van der Waals surface area contributed by atoms with Crippen LogP contribution in [0.3, 0.4) is 0 Å². The highest BCUT2D eigenvalue weighted by Crippen LogP contribution is 2.23. The van der Waals surface area contributed by atoms with Crippen molar-refractivity contribution >= 4 is 28.9 Å². The van der Waals surface area contributed by atoms with Crippen LogP contribution in [0.15, 0.2) is 18.2 Å². The number of benzene rings is 1. The Morgan fingerprint density at radius 1 is 1.60 bits per heavy atom. The van der Waals surface area contributed by atoms with Gasteiger partial charge in [-0.3, -0.25) is 4.79 Å². The van der Waals surface area contributed by atoms with E-state index in [2.05, 4.69) is 5.32 Å². The number of carbonyl (C=O) groups excluding carboxylic acids is 1. The normalized spacial score (nSPS) is 9.73. The molecule has 1 aromatic rings. The lowest BCUT2D eigenvalue weighted by molar-refractivity contribution is -0.140. The second-order valence-corrected chi connectivity index (χ2v) is 3.31. The quantitative estimate of drug-likeness (QED) is 0.610. The van der Waals surface area contributed by atoms with Crippen molar-refractivity contribution in [3.05, 3.63) is 23.2 Å². The lowest BCUT2D eigenvalue weighted by Crippen LogP contribution is -2.16. The molecule has 82 valence electrons. The molecule has 0 saturated carbocycles. The minimum absolute atomic E-state index is 0.0947. The van der Waals surface area contributed by atoms with Crippen LogP contribution < -0.4 is 11.1 Å². The standard InChI is InChI=1S/C10H13ClN2O2/c1-2-15-10(14)6-13-9-4-3-7(12)5-8(9)11/h3-5,13H,2,6,12H2,1H3. The number of carbonyl (C=O) groups is 1. The van der Waals surface area contributed by atoms with Crippen LogP contribution in [0.2, 0.25) is 5.02 Å². The van der Waals surface area contributed by atoms with Gasteiger partial charge in [-0.1, -0.05) is 11.6 Å². The zero-order valence-electron chi connectivity index (χ0n) is 8.42. The molecule has 4 nitrogen and oxygen atoms in total. The molecule has 0 aliphatic carbocycles. The van der Waals surface area contributed by atoms with Crippen LogP contribution in [0.1, 0.15) is 6.92 Å². The number of nitrogens with two attached hydrogens (primary N) is 1. The number of esters is 1. The summed E-state index contributed by atoms with van der Waals surface area (Å²) < 4.78 is 4.76. The molecule has 1 rings (SSSR count). The van der Waals surface area contributed by atoms with Crippen molar-refractivity contribution in [3.8, 4) is 0 Å². The van der Waals surface area contributed by atoms with Crippen LogP contribution in [0.4, 0.5) is 11.4 Å². The van der Waals surface area contributed by atoms with Crippen LogP contribution in [-0.4, -0.2) is 19.1 Å². The molecule has 0 heterocycles. The molecule has 0 unspecified atom stereocenters. The van der Waals surface area contributed by atoms with Gasteiger partial charge in [0.05, 0.1) is 17.3 Å². The zero-order valence-corrected chi connectivity index (χ0v) is 9.17. The summed E-state index contributed by atoms with van der Waals surface area (Å²) in [6.45, 7) is 2.22. The molecule has 0 bridgehead atoms. The molecule has 15 heavy (non-hydrogen) atoms. The Hall–Kier alpha value is -1.42. The van der Waals surface area contributed by atoms with Gasteiger partial charge in [0, 0.05) is 5.69 Å². The van der Waals surface area contributed by atoms with E-state index in [-0.39, 0.29) is 12.5 Å². The fourth-order valence-electron chi connectivity index (χ4n) is 1.05. The molecule has 0 spiro atoms. The van der Waals surface area contributed by atoms with E-state index in [0.717, 1.165) is 0 Å². The second kappa shape index (κ2) is 5.46. The fourth-order valence-corrected chi connectivity index (χ4v) is 1.31. The molecule has 0 aliphatic heterocycles. The number of halogens is 1. The lowest BCUT2D eigenvalue weighted by atomic mass is 10.3. The van der Waals surface area contributed by atoms with Gasteiger partial charge in [0.2, 0.25) is 0 Å². The number of nitrogens with one attached hydrogen (secondary N) is 1. The Morgan fingerprint density at radius 2 is 2.33 bits per heavy atom. The number of hydrogen-bond acceptors (Lipinski definition) is 4. The molecule has 0 amide bonds. The van der Waals surface area contributed by atoms with Crippen molar-refractivity contribution in [3.63, 3.8) is 0 Å². The minimum Gasteiger partial charge on any atom is -0.465 e. The van der Waals surface area contributed by atoms with Gasteiger partial charge in [0.1, 0.15) is 6.54 Å². The van der Waals surface area contributed by atoms with E-state index in [9.17, 15) is 4.79 Å². The summed E-state index contributed by atoms with van der Waals surface area (Å²) in [6, 6.07) is 5.05. The zero-order chi connectivity index (χ0) is 11.3. The molecule has 5 heteroatoms. The van der Waals surface area contributed by atoms with Crippen LogP contribution in [-0.2, 0) is 9.53 Å². The molecule has 0 aromatic heterocycles. The first-order valence-electron chi connectivity index (χ1n) is 4.58. The highest BCUT2D eigenvalue weighted by atomic mass is 35.5. The average molecular weight is 229 g/mol. The predicted molar refractivity (Wildman–Crippen MR) is 61.0 cm³/mol. The van der Waals surface area contributed by atoms with E-state index in [1.54, 1.807) is 25.1 Å². The maximum absolute atomic E-state index is 11.0. The van der Waals surface area contributed by atoms with Crippen molar-refractivity contribution in [1.29, 1.82) is 0 Å². The molecular weight excluding hydrogens is 216 g/mol. The van der Waals surface area contributed by atoms with Crippen LogP contribution >= 0.6 is 11.6 Å². The highest BCUT2D eigenvalue weighted by Gasteiger charge is 2.04. The molecular formula is C10H13ClN2O2. The van der Waals surface area contributed by atoms with E-state index in [1.165, 1.54) is 0 Å².